The molecule has 0 amide bonds. The van der Waals surface area contributed by atoms with Crippen LogP contribution in [0.4, 0.5) is 0 Å². The average molecular weight is 360 g/mol. The number of carbonyl (C=O) groups excluding carboxylic acids is 2. The molecule has 0 saturated carbocycles. The minimum atomic E-state index is -0.463. The van der Waals surface area contributed by atoms with Gasteiger partial charge in [-0.1, -0.05) is 66.7 Å². The van der Waals surface area contributed by atoms with Crippen molar-refractivity contribution in [2.24, 2.45) is 0 Å². The SMILES string of the molecule is CC(=O)c1cccc(OCC(=O)OCc2ccc(-c3ccccc3)cc2)c1. The second kappa shape index (κ2) is 8.81. The molecule has 0 fully saturated rings. The third kappa shape index (κ3) is 5.28. The molecule has 0 atom stereocenters. The molecule has 27 heavy (non-hydrogen) atoms. The van der Waals surface area contributed by atoms with Crippen LogP contribution in [0.5, 0.6) is 5.75 Å². The second-order valence-electron chi connectivity index (χ2n) is 6.10. The Morgan fingerprint density at radius 3 is 2.22 bits per heavy atom. The van der Waals surface area contributed by atoms with E-state index in [1.807, 2.05) is 54.6 Å². The largest absolute Gasteiger partial charge is 0.482 e. The maximum Gasteiger partial charge on any atom is 0.344 e. The first-order valence-corrected chi connectivity index (χ1v) is 8.65. The predicted molar refractivity (Wildman–Crippen MR) is 104 cm³/mol. The van der Waals surface area contributed by atoms with Crippen LogP contribution in [-0.4, -0.2) is 18.4 Å². The molecule has 4 nitrogen and oxygen atoms in total. The fourth-order valence-electron chi connectivity index (χ4n) is 2.58. The lowest BCUT2D eigenvalue weighted by molar-refractivity contribution is -0.147. The van der Waals surface area contributed by atoms with E-state index < -0.39 is 5.97 Å². The van der Waals surface area contributed by atoms with Crippen LogP contribution in [0.15, 0.2) is 78.9 Å². The Morgan fingerprint density at radius 2 is 1.52 bits per heavy atom. The van der Waals surface area contributed by atoms with Crippen molar-refractivity contribution >= 4 is 11.8 Å². The van der Waals surface area contributed by atoms with E-state index in [4.69, 9.17) is 9.47 Å². The van der Waals surface area contributed by atoms with Gasteiger partial charge in [-0.05, 0) is 35.7 Å². The summed E-state index contributed by atoms with van der Waals surface area (Å²) in [5, 5.41) is 0. The fourth-order valence-corrected chi connectivity index (χ4v) is 2.58. The molecule has 0 radical (unpaired) electrons. The minimum absolute atomic E-state index is 0.0537. The van der Waals surface area contributed by atoms with Gasteiger partial charge < -0.3 is 9.47 Å². The molecule has 0 heterocycles. The van der Waals surface area contributed by atoms with Gasteiger partial charge in [0.15, 0.2) is 12.4 Å². The average Bonchev–Trinajstić information content (AvgIpc) is 2.72. The quantitative estimate of drug-likeness (QED) is 0.453. The third-order valence-electron chi connectivity index (χ3n) is 4.06. The van der Waals surface area contributed by atoms with Gasteiger partial charge in [0, 0.05) is 5.56 Å². The van der Waals surface area contributed by atoms with E-state index in [0.29, 0.717) is 11.3 Å². The summed E-state index contributed by atoms with van der Waals surface area (Å²) in [7, 11) is 0. The van der Waals surface area contributed by atoms with Gasteiger partial charge in [0.05, 0.1) is 0 Å². The van der Waals surface area contributed by atoms with E-state index in [2.05, 4.69) is 0 Å². The topological polar surface area (TPSA) is 52.6 Å². The molecule has 0 aliphatic rings. The molecule has 0 saturated heterocycles. The van der Waals surface area contributed by atoms with Crippen LogP contribution in [0.3, 0.4) is 0 Å². The fraction of sp³-hybridized carbons (Fsp3) is 0.130. The van der Waals surface area contributed by atoms with E-state index in [9.17, 15) is 9.59 Å². The lowest BCUT2D eigenvalue weighted by atomic mass is 10.0. The summed E-state index contributed by atoms with van der Waals surface area (Å²) in [6.45, 7) is 1.46. The number of hydrogen-bond acceptors (Lipinski definition) is 4. The summed E-state index contributed by atoms with van der Waals surface area (Å²) in [6, 6.07) is 24.7. The highest BCUT2D eigenvalue weighted by atomic mass is 16.6. The first-order chi connectivity index (χ1) is 13.1. The Bertz CT molecular complexity index is 915. The molecule has 0 unspecified atom stereocenters. The molecule has 0 bridgehead atoms. The summed E-state index contributed by atoms with van der Waals surface area (Å²) in [5.74, 6) is -0.0517. The van der Waals surface area contributed by atoms with Gasteiger partial charge in [-0.15, -0.1) is 0 Å². The van der Waals surface area contributed by atoms with Gasteiger partial charge in [-0.2, -0.15) is 0 Å². The van der Waals surface area contributed by atoms with Gasteiger partial charge in [0.1, 0.15) is 12.4 Å². The molecule has 4 heteroatoms. The molecule has 0 aliphatic heterocycles. The zero-order valence-electron chi connectivity index (χ0n) is 15.1. The van der Waals surface area contributed by atoms with E-state index in [1.54, 1.807) is 24.3 Å². The first-order valence-electron chi connectivity index (χ1n) is 8.65. The van der Waals surface area contributed by atoms with E-state index >= 15 is 0 Å². The van der Waals surface area contributed by atoms with Crippen molar-refractivity contribution in [2.45, 2.75) is 13.5 Å². The van der Waals surface area contributed by atoms with Gasteiger partial charge in [0.25, 0.3) is 0 Å². The maximum absolute atomic E-state index is 11.9. The van der Waals surface area contributed by atoms with Crippen molar-refractivity contribution < 1.29 is 19.1 Å². The summed E-state index contributed by atoms with van der Waals surface area (Å²) < 4.78 is 10.6. The number of ketones is 1. The lowest BCUT2D eigenvalue weighted by Crippen LogP contribution is -2.14. The van der Waals surface area contributed by atoms with Crippen LogP contribution in [0.1, 0.15) is 22.8 Å². The van der Waals surface area contributed by atoms with Crippen molar-refractivity contribution in [1.29, 1.82) is 0 Å². The Kier molecular flexibility index (Phi) is 6.00. The number of hydrogen-bond donors (Lipinski definition) is 0. The predicted octanol–water partition coefficient (Wildman–Crippen LogP) is 4.68. The number of carbonyl (C=O) groups is 2. The van der Waals surface area contributed by atoms with E-state index in [-0.39, 0.29) is 19.0 Å². The normalized spacial score (nSPS) is 10.3. The standard InChI is InChI=1S/C23H20O4/c1-17(24)21-8-5-9-22(14-21)26-16-23(25)27-15-18-10-12-20(13-11-18)19-6-3-2-4-7-19/h2-14H,15-16H2,1H3. The minimum Gasteiger partial charge on any atom is -0.482 e. The Hall–Kier alpha value is -3.40. The molecule has 0 N–H and O–H groups in total. The Balaban J connectivity index is 1.49. The van der Waals surface area contributed by atoms with E-state index in [1.165, 1.54) is 6.92 Å². The van der Waals surface area contributed by atoms with Gasteiger partial charge in [-0.3, -0.25) is 4.79 Å². The molecule has 0 aliphatic carbocycles. The van der Waals surface area contributed by atoms with Crippen LogP contribution in [-0.2, 0) is 16.1 Å². The molecular formula is C23H20O4. The van der Waals surface area contributed by atoms with Crippen molar-refractivity contribution in [3.8, 4) is 16.9 Å². The summed E-state index contributed by atoms with van der Waals surface area (Å²) >= 11 is 0. The first kappa shape index (κ1) is 18.4. The zero-order valence-corrected chi connectivity index (χ0v) is 15.1. The Labute approximate surface area is 158 Å². The summed E-state index contributed by atoms with van der Waals surface area (Å²) in [5.41, 5.74) is 3.70. The monoisotopic (exact) mass is 360 g/mol. The number of esters is 1. The number of ether oxygens (including phenoxy) is 2. The van der Waals surface area contributed by atoms with Crippen LogP contribution in [0, 0.1) is 0 Å². The molecule has 0 aromatic heterocycles. The number of rotatable bonds is 7. The zero-order chi connectivity index (χ0) is 19.1. The number of Topliss-reactive ketones (excluding diaryl/α,β-unsaturated/α-hetero) is 1. The summed E-state index contributed by atoms with van der Waals surface area (Å²) in [4.78, 5) is 23.2. The lowest BCUT2D eigenvalue weighted by Gasteiger charge is -2.08. The van der Waals surface area contributed by atoms with Gasteiger partial charge in [0.2, 0.25) is 0 Å². The second-order valence-corrected chi connectivity index (χ2v) is 6.10. The number of benzene rings is 3. The highest BCUT2D eigenvalue weighted by Crippen LogP contribution is 2.19. The molecule has 0 spiro atoms. The van der Waals surface area contributed by atoms with Gasteiger partial charge in [-0.25, -0.2) is 4.79 Å². The van der Waals surface area contributed by atoms with Crippen molar-refractivity contribution in [3.63, 3.8) is 0 Å². The smallest absolute Gasteiger partial charge is 0.344 e. The van der Waals surface area contributed by atoms with E-state index in [0.717, 1.165) is 16.7 Å². The molecule has 3 aromatic rings. The molecule has 3 rings (SSSR count). The van der Waals surface area contributed by atoms with Crippen molar-refractivity contribution in [2.75, 3.05) is 6.61 Å². The van der Waals surface area contributed by atoms with Crippen LogP contribution in [0.25, 0.3) is 11.1 Å². The van der Waals surface area contributed by atoms with Gasteiger partial charge >= 0.3 is 5.97 Å². The highest BCUT2D eigenvalue weighted by molar-refractivity contribution is 5.94. The molecular weight excluding hydrogens is 340 g/mol. The van der Waals surface area contributed by atoms with Crippen molar-refractivity contribution in [1.82, 2.24) is 0 Å². The van der Waals surface area contributed by atoms with Crippen LogP contribution >= 0.6 is 0 Å². The van der Waals surface area contributed by atoms with Crippen LogP contribution < -0.4 is 4.74 Å². The molecule has 136 valence electrons. The van der Waals surface area contributed by atoms with Crippen molar-refractivity contribution in [3.05, 3.63) is 90.0 Å². The molecule has 3 aromatic carbocycles. The third-order valence-corrected chi connectivity index (χ3v) is 4.06. The summed E-state index contributed by atoms with van der Waals surface area (Å²) in [6.07, 6.45) is 0. The van der Waals surface area contributed by atoms with Crippen LogP contribution in [0.2, 0.25) is 0 Å². The highest BCUT2D eigenvalue weighted by Gasteiger charge is 2.07. The maximum atomic E-state index is 11.9. The Morgan fingerprint density at radius 1 is 0.815 bits per heavy atom.